The number of fused-ring (bicyclic) bond motifs is 5. The lowest BCUT2D eigenvalue weighted by atomic mass is 9.52. The van der Waals surface area contributed by atoms with E-state index in [9.17, 15) is 0 Å². The topological polar surface area (TPSA) is 18.5 Å². The van der Waals surface area contributed by atoms with Gasteiger partial charge in [-0.3, -0.25) is 0 Å². The third kappa shape index (κ3) is 3.58. The number of allylic oxidation sites excluding steroid dienone is 2. The molecule has 7 atom stereocenters. The summed E-state index contributed by atoms with van der Waals surface area (Å²) in [5, 5.41) is 0. The minimum atomic E-state index is 0.0258. The molecule has 1 heterocycles. The fourth-order valence-electron chi connectivity index (χ4n) is 9.50. The first-order chi connectivity index (χ1) is 14.9. The van der Waals surface area contributed by atoms with Crippen molar-refractivity contribution in [1.82, 2.24) is 0 Å². The average molecular weight is 427 g/mol. The van der Waals surface area contributed by atoms with Gasteiger partial charge >= 0.3 is 0 Å². The number of hydrogen-bond acceptors (Lipinski definition) is 2. The third-order valence-electron chi connectivity index (χ3n) is 11.2. The van der Waals surface area contributed by atoms with Crippen molar-refractivity contribution in [2.75, 3.05) is 13.2 Å². The molecular formula is C29H46O2. The van der Waals surface area contributed by atoms with Crippen molar-refractivity contribution in [3.63, 3.8) is 0 Å². The van der Waals surface area contributed by atoms with E-state index < -0.39 is 0 Å². The summed E-state index contributed by atoms with van der Waals surface area (Å²) < 4.78 is 12.9. The first kappa shape index (κ1) is 21.2. The molecule has 0 N–H and O–H groups in total. The summed E-state index contributed by atoms with van der Waals surface area (Å²) in [7, 11) is 0. The Kier molecular flexibility index (Phi) is 5.19. The van der Waals surface area contributed by atoms with E-state index in [0.29, 0.717) is 11.3 Å². The summed E-state index contributed by atoms with van der Waals surface area (Å²) in [5.74, 6) is 5.22. The predicted octanol–water partition coefficient (Wildman–Crippen LogP) is 7.32. The Morgan fingerprint density at radius 1 is 1.03 bits per heavy atom. The SMILES string of the molecule is CC(C)(OCCC1CC1)[C@H]1CCC2C3CCC4CC5(CCCO5)CCC4C3=CC[C@@]21C. The molecule has 2 nitrogen and oxygen atoms in total. The summed E-state index contributed by atoms with van der Waals surface area (Å²) in [6, 6.07) is 0. The molecule has 31 heavy (non-hydrogen) atoms. The van der Waals surface area contributed by atoms with Gasteiger partial charge in [-0.15, -0.1) is 0 Å². The van der Waals surface area contributed by atoms with Gasteiger partial charge in [0.1, 0.15) is 0 Å². The van der Waals surface area contributed by atoms with Gasteiger partial charge in [-0.1, -0.05) is 31.4 Å². The second-order valence-electron chi connectivity index (χ2n) is 13.3. The highest BCUT2D eigenvalue weighted by molar-refractivity contribution is 5.26. The van der Waals surface area contributed by atoms with Crippen LogP contribution >= 0.6 is 0 Å². The molecule has 0 aromatic heterocycles. The van der Waals surface area contributed by atoms with Crippen molar-refractivity contribution in [1.29, 1.82) is 0 Å². The van der Waals surface area contributed by atoms with Gasteiger partial charge in [0.05, 0.1) is 11.2 Å². The van der Waals surface area contributed by atoms with E-state index in [0.717, 1.165) is 42.8 Å². The zero-order chi connectivity index (χ0) is 21.3. The molecule has 0 amide bonds. The van der Waals surface area contributed by atoms with Crippen LogP contribution in [0.2, 0.25) is 0 Å². The zero-order valence-corrected chi connectivity index (χ0v) is 20.5. The quantitative estimate of drug-likeness (QED) is 0.429. The normalized spacial score (nSPS) is 47.1. The van der Waals surface area contributed by atoms with Gasteiger partial charge in [-0.2, -0.15) is 0 Å². The van der Waals surface area contributed by atoms with E-state index in [4.69, 9.17) is 9.47 Å². The molecule has 6 aliphatic rings. The molecule has 5 fully saturated rings. The predicted molar refractivity (Wildman–Crippen MR) is 126 cm³/mol. The maximum atomic E-state index is 6.62. The van der Waals surface area contributed by atoms with Gasteiger partial charge in [0.15, 0.2) is 0 Å². The molecule has 1 aliphatic heterocycles. The molecule has 1 spiro atoms. The van der Waals surface area contributed by atoms with Crippen LogP contribution in [0.3, 0.4) is 0 Å². The first-order valence-electron chi connectivity index (χ1n) is 13.9. The Labute approximate surface area is 190 Å². The minimum absolute atomic E-state index is 0.0258. The summed E-state index contributed by atoms with van der Waals surface area (Å²) in [6.45, 7) is 9.46. The van der Waals surface area contributed by atoms with Crippen molar-refractivity contribution < 1.29 is 9.47 Å². The van der Waals surface area contributed by atoms with Crippen LogP contribution in [-0.2, 0) is 9.47 Å². The fourth-order valence-corrected chi connectivity index (χ4v) is 9.50. The second-order valence-corrected chi connectivity index (χ2v) is 13.3. The zero-order valence-electron chi connectivity index (χ0n) is 20.5. The van der Waals surface area contributed by atoms with Crippen LogP contribution in [0.4, 0.5) is 0 Å². The minimum Gasteiger partial charge on any atom is -0.375 e. The molecule has 0 aromatic carbocycles. The molecule has 174 valence electrons. The summed E-state index contributed by atoms with van der Waals surface area (Å²) in [6.07, 6.45) is 20.7. The highest BCUT2D eigenvalue weighted by Crippen LogP contribution is 2.65. The van der Waals surface area contributed by atoms with E-state index in [1.165, 1.54) is 83.5 Å². The number of rotatable bonds is 5. The first-order valence-corrected chi connectivity index (χ1v) is 13.9. The monoisotopic (exact) mass is 426 g/mol. The molecule has 0 aromatic rings. The van der Waals surface area contributed by atoms with E-state index in [1.807, 2.05) is 5.57 Å². The van der Waals surface area contributed by atoms with Crippen molar-refractivity contribution in [3.05, 3.63) is 11.6 Å². The molecule has 2 heteroatoms. The largest absolute Gasteiger partial charge is 0.375 e. The van der Waals surface area contributed by atoms with E-state index in [1.54, 1.807) is 0 Å². The van der Waals surface area contributed by atoms with E-state index in [2.05, 4.69) is 26.8 Å². The Hall–Kier alpha value is -0.340. The van der Waals surface area contributed by atoms with E-state index >= 15 is 0 Å². The lowest BCUT2D eigenvalue weighted by molar-refractivity contribution is -0.104. The molecule has 0 radical (unpaired) electrons. The molecule has 5 unspecified atom stereocenters. The number of hydrogen-bond donors (Lipinski definition) is 0. The molecular weight excluding hydrogens is 380 g/mol. The van der Waals surface area contributed by atoms with Crippen molar-refractivity contribution in [2.45, 2.75) is 115 Å². The Morgan fingerprint density at radius 2 is 1.90 bits per heavy atom. The van der Waals surface area contributed by atoms with Gasteiger partial charge in [0, 0.05) is 13.2 Å². The second kappa shape index (κ2) is 7.59. The maximum absolute atomic E-state index is 6.62. The average Bonchev–Trinajstić information content (AvgIpc) is 3.33. The maximum Gasteiger partial charge on any atom is 0.0686 e. The van der Waals surface area contributed by atoms with Crippen LogP contribution in [0.15, 0.2) is 11.6 Å². The molecule has 6 rings (SSSR count). The van der Waals surface area contributed by atoms with E-state index in [-0.39, 0.29) is 11.2 Å². The van der Waals surface area contributed by atoms with Crippen LogP contribution in [-0.4, -0.2) is 24.4 Å². The highest BCUT2D eigenvalue weighted by atomic mass is 16.5. The van der Waals surface area contributed by atoms with Crippen molar-refractivity contribution in [2.24, 2.45) is 40.9 Å². The van der Waals surface area contributed by atoms with Crippen molar-refractivity contribution >= 4 is 0 Å². The smallest absolute Gasteiger partial charge is 0.0686 e. The summed E-state index contributed by atoms with van der Waals surface area (Å²) >= 11 is 0. The van der Waals surface area contributed by atoms with Crippen LogP contribution in [0.5, 0.6) is 0 Å². The third-order valence-corrected chi connectivity index (χ3v) is 11.2. The molecule has 0 bridgehead atoms. The van der Waals surface area contributed by atoms with Crippen LogP contribution in [0.1, 0.15) is 104 Å². The molecule has 5 aliphatic carbocycles. The summed E-state index contributed by atoms with van der Waals surface area (Å²) in [5.41, 5.74) is 2.64. The number of ether oxygens (including phenoxy) is 2. The Bertz CT molecular complexity index is 712. The van der Waals surface area contributed by atoms with Crippen LogP contribution in [0.25, 0.3) is 0 Å². The van der Waals surface area contributed by atoms with Gasteiger partial charge in [-0.05, 0) is 125 Å². The standard InChI is InChI=1S/C29H46O2/c1-27(2,30-18-13-20-5-6-20)26-10-9-25-24-8-7-21-19-29(14-4-17-31-29)16-12-22(21)23(24)11-15-28(25,26)3/h11,20-22,24-26H,4-10,12-19H2,1-3H3/t21?,22?,24?,25?,26-,28+,29?/m1/s1. The summed E-state index contributed by atoms with van der Waals surface area (Å²) in [4.78, 5) is 0. The van der Waals surface area contributed by atoms with Gasteiger partial charge in [0.2, 0.25) is 0 Å². The molecule has 1 saturated heterocycles. The van der Waals surface area contributed by atoms with Crippen LogP contribution < -0.4 is 0 Å². The Morgan fingerprint density at radius 3 is 2.68 bits per heavy atom. The lowest BCUT2D eigenvalue weighted by Gasteiger charge is -2.54. The fraction of sp³-hybridized carbons (Fsp3) is 0.931. The van der Waals surface area contributed by atoms with Gasteiger partial charge in [0.25, 0.3) is 0 Å². The molecule has 4 saturated carbocycles. The van der Waals surface area contributed by atoms with Crippen molar-refractivity contribution in [3.8, 4) is 0 Å². The van der Waals surface area contributed by atoms with Gasteiger partial charge < -0.3 is 9.47 Å². The highest BCUT2D eigenvalue weighted by Gasteiger charge is 2.58. The van der Waals surface area contributed by atoms with Gasteiger partial charge in [-0.25, -0.2) is 0 Å². The lowest BCUT2D eigenvalue weighted by Crippen LogP contribution is -2.49. The Balaban J connectivity index is 1.18. The van der Waals surface area contributed by atoms with Crippen LogP contribution in [0, 0.1) is 40.9 Å².